The molecule has 0 radical (unpaired) electrons. The highest BCUT2D eigenvalue weighted by Crippen LogP contribution is 2.36. The number of β-amino-alcohol motifs (C(OH)–C–C–N with tert-alkyl or cyclic N) is 1. The van der Waals surface area contributed by atoms with E-state index in [9.17, 15) is 14.4 Å². The van der Waals surface area contributed by atoms with Crippen molar-refractivity contribution in [2.45, 2.75) is 19.9 Å². The molecule has 2 aromatic rings. The maximum Gasteiger partial charge on any atom is 0.349 e. The summed E-state index contributed by atoms with van der Waals surface area (Å²) in [6.07, 6.45) is 2.13. The Bertz CT molecular complexity index is 896. The Morgan fingerprint density at radius 1 is 1.26 bits per heavy atom. The van der Waals surface area contributed by atoms with Crippen LogP contribution in [0.5, 0.6) is 0 Å². The number of nitrogens with one attached hydrogen (secondary N) is 1. The van der Waals surface area contributed by atoms with Gasteiger partial charge in [-0.25, -0.2) is 4.79 Å². The van der Waals surface area contributed by atoms with Crippen molar-refractivity contribution in [3.63, 3.8) is 0 Å². The smallest absolute Gasteiger partial charge is 0.349 e. The lowest BCUT2D eigenvalue weighted by Crippen LogP contribution is -2.63. The number of carbonyl (C=O) groups is 2. The molecule has 8 nitrogen and oxygen atoms in total. The summed E-state index contributed by atoms with van der Waals surface area (Å²) in [4.78, 5) is 42.4. The summed E-state index contributed by atoms with van der Waals surface area (Å²) in [7, 11) is 0. The largest absolute Gasteiger partial charge is 0.395 e. The van der Waals surface area contributed by atoms with Crippen LogP contribution >= 0.6 is 0 Å². The Morgan fingerprint density at radius 3 is 2.59 bits per heavy atom. The summed E-state index contributed by atoms with van der Waals surface area (Å²) in [6, 6.07) is 10.2. The summed E-state index contributed by atoms with van der Waals surface area (Å²) in [5, 5.41) is 11.6. The molecule has 2 heterocycles. The number of aliphatic hydroxyl groups is 1. The molecule has 27 heavy (non-hydrogen) atoms. The number of hydrogen-bond donors (Lipinski definition) is 2. The molecule has 3 rings (SSSR count). The highest BCUT2D eigenvalue weighted by Gasteiger charge is 2.50. The highest BCUT2D eigenvalue weighted by atomic mass is 16.3. The lowest BCUT2D eigenvalue weighted by Gasteiger charge is -2.48. The molecule has 1 aromatic heterocycles. The van der Waals surface area contributed by atoms with Gasteiger partial charge in [0.05, 0.1) is 12.0 Å². The van der Waals surface area contributed by atoms with Crippen molar-refractivity contribution < 1.29 is 14.7 Å². The van der Waals surface area contributed by atoms with Crippen LogP contribution in [0.1, 0.15) is 23.7 Å². The fraction of sp³-hybridized carbons (Fsp3) is 0.368. The van der Waals surface area contributed by atoms with Crippen molar-refractivity contribution in [1.82, 2.24) is 14.5 Å². The van der Waals surface area contributed by atoms with Crippen molar-refractivity contribution in [1.29, 1.82) is 0 Å². The van der Waals surface area contributed by atoms with Crippen LogP contribution in [-0.2, 0) is 11.3 Å². The lowest BCUT2D eigenvalue weighted by atomic mass is 9.76. The van der Waals surface area contributed by atoms with Crippen molar-refractivity contribution >= 4 is 17.6 Å². The number of nitrogens with zero attached hydrogens (tertiary/aromatic N) is 3. The fourth-order valence-corrected chi connectivity index (χ4v) is 3.27. The summed E-state index contributed by atoms with van der Waals surface area (Å²) < 4.78 is 1.38. The van der Waals surface area contributed by atoms with Crippen LogP contribution in [0.3, 0.4) is 0 Å². The van der Waals surface area contributed by atoms with Crippen LogP contribution in [0.4, 0.5) is 5.82 Å². The van der Waals surface area contributed by atoms with E-state index in [2.05, 4.69) is 10.3 Å². The normalized spacial score (nSPS) is 18.9. The number of rotatable bonds is 7. The molecular formula is C19H22N4O4. The third-order valence-corrected chi connectivity index (χ3v) is 4.91. The SMILES string of the molecule is CCC1(Cn2ccc(NC(=O)c3ccccc3)nc2=O)CN(CCO)C1=O. The van der Waals surface area contributed by atoms with Gasteiger partial charge in [-0.1, -0.05) is 25.1 Å². The average molecular weight is 370 g/mol. The lowest BCUT2D eigenvalue weighted by molar-refractivity contribution is -0.163. The monoisotopic (exact) mass is 370 g/mol. The van der Waals surface area contributed by atoms with Gasteiger partial charge in [0.2, 0.25) is 5.91 Å². The van der Waals surface area contributed by atoms with E-state index in [1.165, 1.54) is 10.8 Å². The molecular weight excluding hydrogens is 348 g/mol. The van der Waals surface area contributed by atoms with Crippen molar-refractivity contribution in [3.8, 4) is 0 Å². The summed E-state index contributed by atoms with van der Waals surface area (Å²) >= 11 is 0. The molecule has 1 atom stereocenters. The number of aromatic nitrogens is 2. The standard InChI is InChI=1S/C19H22N4O4/c1-2-19(12-22(10-11-24)17(19)26)13-23-9-8-15(21-18(23)27)20-16(25)14-6-4-3-5-7-14/h3-9,24H,2,10-13H2,1H3,(H,20,21,25,27). The second-order valence-electron chi connectivity index (χ2n) is 6.63. The van der Waals surface area contributed by atoms with E-state index in [0.717, 1.165) is 0 Å². The molecule has 1 aliphatic heterocycles. The van der Waals surface area contributed by atoms with Gasteiger partial charge in [0.15, 0.2) is 0 Å². The Morgan fingerprint density at radius 2 is 2.00 bits per heavy atom. The van der Waals surface area contributed by atoms with E-state index in [4.69, 9.17) is 5.11 Å². The van der Waals surface area contributed by atoms with Gasteiger partial charge in [-0.05, 0) is 24.6 Å². The molecule has 0 bridgehead atoms. The van der Waals surface area contributed by atoms with Crippen LogP contribution in [-0.4, -0.2) is 51.1 Å². The first-order chi connectivity index (χ1) is 13.0. The van der Waals surface area contributed by atoms with Crippen molar-refractivity contribution in [2.24, 2.45) is 5.41 Å². The van der Waals surface area contributed by atoms with E-state index < -0.39 is 11.1 Å². The van der Waals surface area contributed by atoms with Crippen LogP contribution in [0.25, 0.3) is 0 Å². The second-order valence-corrected chi connectivity index (χ2v) is 6.63. The zero-order valence-electron chi connectivity index (χ0n) is 15.1. The van der Waals surface area contributed by atoms with Crippen LogP contribution < -0.4 is 11.0 Å². The number of likely N-dealkylation sites (tertiary alicyclic amines) is 1. The third-order valence-electron chi connectivity index (χ3n) is 4.91. The molecule has 2 N–H and O–H groups in total. The van der Waals surface area contributed by atoms with Gasteiger partial charge in [0.25, 0.3) is 5.91 Å². The van der Waals surface area contributed by atoms with Gasteiger partial charge in [0, 0.05) is 31.4 Å². The topological polar surface area (TPSA) is 105 Å². The van der Waals surface area contributed by atoms with Gasteiger partial charge in [-0.2, -0.15) is 4.98 Å². The minimum atomic E-state index is -0.643. The average Bonchev–Trinajstić information content (AvgIpc) is 2.69. The number of carbonyl (C=O) groups excluding carboxylic acids is 2. The van der Waals surface area contributed by atoms with Gasteiger partial charge in [-0.15, -0.1) is 0 Å². The molecule has 1 saturated heterocycles. The fourth-order valence-electron chi connectivity index (χ4n) is 3.27. The van der Waals surface area contributed by atoms with E-state index in [0.29, 0.717) is 25.1 Å². The summed E-state index contributed by atoms with van der Waals surface area (Å²) in [6.45, 7) is 2.85. The van der Waals surface area contributed by atoms with Crippen molar-refractivity contribution in [3.05, 3.63) is 58.6 Å². The molecule has 0 spiro atoms. The molecule has 142 valence electrons. The number of aliphatic hydroxyl groups excluding tert-OH is 1. The van der Waals surface area contributed by atoms with E-state index in [1.54, 1.807) is 35.2 Å². The first-order valence-corrected chi connectivity index (χ1v) is 8.83. The number of anilines is 1. The molecule has 1 fully saturated rings. The predicted molar refractivity (Wildman–Crippen MR) is 99.3 cm³/mol. The minimum Gasteiger partial charge on any atom is -0.395 e. The Hall–Kier alpha value is -3.00. The van der Waals surface area contributed by atoms with Gasteiger partial charge < -0.3 is 15.3 Å². The molecule has 1 aliphatic rings. The molecule has 0 saturated carbocycles. The van der Waals surface area contributed by atoms with Gasteiger partial charge in [-0.3, -0.25) is 14.2 Å². The quantitative estimate of drug-likeness (QED) is 0.699. The van der Waals surface area contributed by atoms with Crippen LogP contribution in [0, 0.1) is 5.41 Å². The second kappa shape index (κ2) is 7.71. The van der Waals surface area contributed by atoms with Crippen molar-refractivity contribution in [2.75, 3.05) is 25.0 Å². The maximum atomic E-state index is 12.4. The summed E-state index contributed by atoms with van der Waals surface area (Å²) in [5.41, 5.74) is -0.699. The van der Waals surface area contributed by atoms with E-state index >= 15 is 0 Å². The van der Waals surface area contributed by atoms with E-state index in [-0.39, 0.29) is 30.8 Å². The Balaban J connectivity index is 1.71. The predicted octanol–water partition coefficient (Wildman–Crippen LogP) is 0.726. The zero-order chi connectivity index (χ0) is 19.4. The number of amides is 2. The number of hydrogen-bond acceptors (Lipinski definition) is 5. The van der Waals surface area contributed by atoms with Crippen LogP contribution in [0.15, 0.2) is 47.4 Å². The molecule has 8 heteroatoms. The molecule has 0 aliphatic carbocycles. The maximum absolute atomic E-state index is 12.4. The Kier molecular flexibility index (Phi) is 5.36. The zero-order valence-corrected chi connectivity index (χ0v) is 15.1. The molecule has 1 unspecified atom stereocenters. The number of benzene rings is 1. The minimum absolute atomic E-state index is 0.0626. The first kappa shape index (κ1) is 18.8. The first-order valence-electron chi connectivity index (χ1n) is 8.83. The summed E-state index contributed by atoms with van der Waals surface area (Å²) in [5.74, 6) is -0.246. The van der Waals surface area contributed by atoms with E-state index in [1.807, 2.05) is 13.0 Å². The Labute approximate surface area is 156 Å². The molecule has 1 aromatic carbocycles. The number of β-lactam (4-membered cyclic amide) rings is 1. The highest BCUT2D eigenvalue weighted by molar-refractivity contribution is 6.03. The third kappa shape index (κ3) is 3.75. The van der Waals surface area contributed by atoms with Gasteiger partial charge in [0.1, 0.15) is 5.82 Å². The van der Waals surface area contributed by atoms with Crippen LogP contribution in [0.2, 0.25) is 0 Å². The molecule has 2 amide bonds. The van der Waals surface area contributed by atoms with Gasteiger partial charge >= 0.3 is 5.69 Å².